The first-order valence-electron chi connectivity index (χ1n) is 10.8. The average molecular weight is 410 g/mol. The highest BCUT2D eigenvalue weighted by atomic mass is 19.1. The van der Waals surface area contributed by atoms with E-state index in [9.17, 15) is 14.0 Å². The highest BCUT2D eigenvalue weighted by Gasteiger charge is 2.28. The normalized spacial score (nSPS) is 19.6. The Morgan fingerprint density at radius 2 is 1.70 bits per heavy atom. The van der Waals surface area contributed by atoms with Crippen LogP contribution in [0.25, 0.3) is 0 Å². The SMILES string of the molecule is O=C(Nc1ccccc1C(=O)N1CCCC1)C1CCCN(Cc2ccccc2F)C1. The summed E-state index contributed by atoms with van der Waals surface area (Å²) in [6, 6.07) is 14.0. The fourth-order valence-corrected chi connectivity index (χ4v) is 4.38. The van der Waals surface area contributed by atoms with Gasteiger partial charge in [0.1, 0.15) is 5.82 Å². The second-order valence-electron chi connectivity index (χ2n) is 8.20. The number of likely N-dealkylation sites (tertiary alicyclic amines) is 2. The van der Waals surface area contributed by atoms with E-state index in [1.807, 2.05) is 23.1 Å². The van der Waals surface area contributed by atoms with Crippen molar-refractivity contribution in [3.05, 3.63) is 65.5 Å². The molecule has 0 saturated carbocycles. The van der Waals surface area contributed by atoms with Crippen LogP contribution in [0.5, 0.6) is 0 Å². The van der Waals surface area contributed by atoms with Gasteiger partial charge in [-0.05, 0) is 50.4 Å². The Hall–Kier alpha value is -2.73. The van der Waals surface area contributed by atoms with Crippen LogP contribution in [0.3, 0.4) is 0 Å². The standard InChI is InChI=1S/C24H28FN3O2/c25-21-11-3-1-8-18(21)16-27-13-7-9-19(17-27)23(29)26-22-12-4-2-10-20(22)24(30)28-14-5-6-15-28/h1-4,8,10-12,19H,5-7,9,13-17H2,(H,26,29). The molecule has 6 heteroatoms. The quantitative estimate of drug-likeness (QED) is 0.815. The zero-order chi connectivity index (χ0) is 20.9. The second kappa shape index (κ2) is 9.39. The van der Waals surface area contributed by atoms with Crippen LogP contribution < -0.4 is 5.32 Å². The second-order valence-corrected chi connectivity index (χ2v) is 8.20. The van der Waals surface area contributed by atoms with Crippen molar-refractivity contribution >= 4 is 17.5 Å². The number of hydrogen-bond donors (Lipinski definition) is 1. The summed E-state index contributed by atoms with van der Waals surface area (Å²) in [5, 5.41) is 2.99. The van der Waals surface area contributed by atoms with E-state index >= 15 is 0 Å². The number of rotatable bonds is 5. The molecule has 0 aliphatic carbocycles. The highest BCUT2D eigenvalue weighted by Crippen LogP contribution is 2.24. The van der Waals surface area contributed by atoms with Crippen molar-refractivity contribution < 1.29 is 14.0 Å². The number of carbonyl (C=O) groups is 2. The first kappa shape index (κ1) is 20.5. The minimum atomic E-state index is -0.210. The summed E-state index contributed by atoms with van der Waals surface area (Å²) in [4.78, 5) is 29.8. The smallest absolute Gasteiger partial charge is 0.255 e. The molecule has 2 saturated heterocycles. The first-order chi connectivity index (χ1) is 14.6. The number of para-hydroxylation sites is 1. The fourth-order valence-electron chi connectivity index (χ4n) is 4.38. The minimum absolute atomic E-state index is 0.0202. The minimum Gasteiger partial charge on any atom is -0.339 e. The van der Waals surface area contributed by atoms with Crippen LogP contribution in [0, 0.1) is 11.7 Å². The lowest BCUT2D eigenvalue weighted by Gasteiger charge is -2.32. The van der Waals surface area contributed by atoms with E-state index in [1.165, 1.54) is 6.07 Å². The molecule has 1 N–H and O–H groups in total. The van der Waals surface area contributed by atoms with Crippen molar-refractivity contribution in [3.63, 3.8) is 0 Å². The molecule has 0 radical (unpaired) electrons. The molecule has 0 aromatic heterocycles. The third kappa shape index (κ3) is 4.70. The maximum Gasteiger partial charge on any atom is 0.255 e. The van der Waals surface area contributed by atoms with Crippen LogP contribution in [-0.4, -0.2) is 47.8 Å². The molecule has 158 valence electrons. The van der Waals surface area contributed by atoms with Crippen molar-refractivity contribution in [1.82, 2.24) is 9.80 Å². The van der Waals surface area contributed by atoms with E-state index in [2.05, 4.69) is 10.2 Å². The number of amides is 2. The Kier molecular flexibility index (Phi) is 6.43. The third-order valence-electron chi connectivity index (χ3n) is 6.04. The summed E-state index contributed by atoms with van der Waals surface area (Å²) in [6.07, 6.45) is 3.74. The summed E-state index contributed by atoms with van der Waals surface area (Å²) in [5.41, 5.74) is 1.78. The van der Waals surface area contributed by atoms with Crippen LogP contribution in [0.15, 0.2) is 48.5 Å². The van der Waals surface area contributed by atoms with Crippen LogP contribution in [-0.2, 0) is 11.3 Å². The number of nitrogens with zero attached hydrogens (tertiary/aromatic N) is 2. The van der Waals surface area contributed by atoms with Crippen LogP contribution >= 0.6 is 0 Å². The summed E-state index contributed by atoms with van der Waals surface area (Å²) < 4.78 is 14.0. The molecule has 4 rings (SSSR count). The Morgan fingerprint density at radius 3 is 2.50 bits per heavy atom. The van der Waals surface area contributed by atoms with E-state index in [0.29, 0.717) is 29.9 Å². The fraction of sp³-hybridized carbons (Fsp3) is 0.417. The van der Waals surface area contributed by atoms with E-state index in [4.69, 9.17) is 0 Å². The molecule has 2 amide bonds. The lowest BCUT2D eigenvalue weighted by atomic mass is 9.96. The predicted octanol–water partition coefficient (Wildman–Crippen LogP) is 3.91. The molecular formula is C24H28FN3O2. The molecule has 2 heterocycles. The first-order valence-corrected chi connectivity index (χ1v) is 10.8. The van der Waals surface area contributed by atoms with E-state index < -0.39 is 0 Å². The molecule has 2 aromatic carbocycles. The number of benzene rings is 2. The molecule has 2 fully saturated rings. The van der Waals surface area contributed by atoms with Gasteiger partial charge in [-0.3, -0.25) is 14.5 Å². The maximum absolute atomic E-state index is 14.0. The molecule has 30 heavy (non-hydrogen) atoms. The van der Waals surface area contributed by atoms with Gasteiger partial charge in [0.25, 0.3) is 5.91 Å². The lowest BCUT2D eigenvalue weighted by Crippen LogP contribution is -2.40. The van der Waals surface area contributed by atoms with Gasteiger partial charge in [0.2, 0.25) is 5.91 Å². The van der Waals surface area contributed by atoms with Gasteiger partial charge in [-0.1, -0.05) is 30.3 Å². The zero-order valence-electron chi connectivity index (χ0n) is 17.1. The molecule has 1 atom stereocenters. The molecule has 0 spiro atoms. The summed E-state index contributed by atoms with van der Waals surface area (Å²) >= 11 is 0. The average Bonchev–Trinajstić information content (AvgIpc) is 3.30. The van der Waals surface area contributed by atoms with Gasteiger partial charge < -0.3 is 10.2 Å². The number of hydrogen-bond acceptors (Lipinski definition) is 3. The van der Waals surface area contributed by atoms with Gasteiger partial charge in [-0.15, -0.1) is 0 Å². The lowest BCUT2D eigenvalue weighted by molar-refractivity contribution is -0.121. The Morgan fingerprint density at radius 1 is 0.967 bits per heavy atom. The van der Waals surface area contributed by atoms with E-state index in [1.54, 1.807) is 24.3 Å². The topological polar surface area (TPSA) is 52.7 Å². The van der Waals surface area contributed by atoms with Crippen LogP contribution in [0.2, 0.25) is 0 Å². The Bertz CT molecular complexity index is 911. The van der Waals surface area contributed by atoms with Gasteiger partial charge in [-0.2, -0.15) is 0 Å². The van der Waals surface area contributed by atoms with Crippen molar-refractivity contribution in [2.75, 3.05) is 31.5 Å². The van der Waals surface area contributed by atoms with Gasteiger partial charge in [0.15, 0.2) is 0 Å². The number of piperidine rings is 1. The monoisotopic (exact) mass is 409 g/mol. The molecule has 2 aliphatic heterocycles. The van der Waals surface area contributed by atoms with Crippen molar-refractivity contribution in [3.8, 4) is 0 Å². The summed E-state index contributed by atoms with van der Waals surface area (Å²) in [5.74, 6) is -0.484. The van der Waals surface area contributed by atoms with Crippen molar-refractivity contribution in [2.45, 2.75) is 32.2 Å². The Balaban J connectivity index is 1.41. The van der Waals surface area contributed by atoms with Crippen molar-refractivity contribution in [1.29, 1.82) is 0 Å². The van der Waals surface area contributed by atoms with E-state index in [-0.39, 0.29) is 23.5 Å². The Labute approximate surface area is 176 Å². The number of nitrogens with one attached hydrogen (secondary N) is 1. The highest BCUT2D eigenvalue weighted by molar-refractivity contribution is 6.04. The molecule has 2 aromatic rings. The van der Waals surface area contributed by atoms with Crippen LogP contribution in [0.4, 0.5) is 10.1 Å². The maximum atomic E-state index is 14.0. The van der Waals surface area contributed by atoms with Crippen LogP contribution in [0.1, 0.15) is 41.6 Å². The summed E-state index contributed by atoms with van der Waals surface area (Å²) in [7, 11) is 0. The number of halogens is 1. The molecule has 5 nitrogen and oxygen atoms in total. The van der Waals surface area contributed by atoms with Gasteiger partial charge in [0.05, 0.1) is 17.2 Å². The van der Waals surface area contributed by atoms with Gasteiger partial charge in [-0.25, -0.2) is 4.39 Å². The molecule has 1 unspecified atom stereocenters. The largest absolute Gasteiger partial charge is 0.339 e. The number of carbonyl (C=O) groups excluding carboxylic acids is 2. The predicted molar refractivity (Wildman–Crippen MR) is 115 cm³/mol. The van der Waals surface area contributed by atoms with E-state index in [0.717, 1.165) is 45.3 Å². The number of anilines is 1. The third-order valence-corrected chi connectivity index (χ3v) is 6.04. The van der Waals surface area contributed by atoms with Gasteiger partial charge in [0, 0.05) is 31.7 Å². The molecular weight excluding hydrogens is 381 g/mol. The molecule has 0 bridgehead atoms. The summed E-state index contributed by atoms with van der Waals surface area (Å²) in [6.45, 7) is 3.48. The zero-order valence-corrected chi connectivity index (χ0v) is 17.1. The molecule has 2 aliphatic rings. The van der Waals surface area contributed by atoms with Crippen molar-refractivity contribution in [2.24, 2.45) is 5.92 Å². The van der Waals surface area contributed by atoms with Gasteiger partial charge >= 0.3 is 0 Å².